The van der Waals surface area contributed by atoms with Gasteiger partial charge in [0.2, 0.25) is 5.95 Å². The summed E-state index contributed by atoms with van der Waals surface area (Å²) in [7, 11) is 0. The van der Waals surface area contributed by atoms with Crippen molar-refractivity contribution >= 4 is 46.4 Å². The molecule has 3 aromatic rings. The van der Waals surface area contributed by atoms with E-state index < -0.39 is 0 Å². The molecule has 5 nitrogen and oxygen atoms in total. The van der Waals surface area contributed by atoms with Crippen LogP contribution in [0.4, 0.5) is 17.3 Å². The molecule has 0 bridgehead atoms. The fraction of sp³-hybridized carbons (Fsp3) is 0.0556. The minimum absolute atomic E-state index is 0.276. The maximum absolute atomic E-state index is 12.3. The number of hydrogen-bond acceptors (Lipinski definition) is 4. The topological polar surface area (TPSA) is 66.9 Å². The van der Waals surface area contributed by atoms with Crippen molar-refractivity contribution in [1.82, 2.24) is 9.97 Å². The third kappa shape index (κ3) is 4.26. The smallest absolute Gasteiger partial charge is 0.258 e. The highest BCUT2D eigenvalue weighted by Crippen LogP contribution is 2.27. The number of para-hydroxylation sites is 1. The second kappa shape index (κ2) is 7.51. The van der Waals surface area contributed by atoms with Crippen molar-refractivity contribution in [3.63, 3.8) is 0 Å². The quantitative estimate of drug-likeness (QED) is 0.669. The molecule has 0 saturated carbocycles. The van der Waals surface area contributed by atoms with Crippen molar-refractivity contribution in [3.8, 4) is 0 Å². The van der Waals surface area contributed by atoms with E-state index >= 15 is 0 Å². The number of nitrogens with one attached hydrogen (secondary N) is 2. The van der Waals surface area contributed by atoms with E-state index in [-0.39, 0.29) is 5.91 Å². The Balaban J connectivity index is 1.72. The number of nitrogens with zero attached hydrogens (tertiary/aromatic N) is 2. The number of aromatic nitrogens is 2. The molecule has 1 amide bonds. The van der Waals surface area contributed by atoms with Crippen LogP contribution in [0.25, 0.3) is 0 Å². The molecule has 0 fully saturated rings. The van der Waals surface area contributed by atoms with Gasteiger partial charge in [-0.2, -0.15) is 0 Å². The molecule has 0 aliphatic carbocycles. The van der Waals surface area contributed by atoms with Gasteiger partial charge in [-0.1, -0.05) is 41.4 Å². The monoisotopic (exact) mass is 372 g/mol. The molecule has 0 saturated heterocycles. The van der Waals surface area contributed by atoms with Gasteiger partial charge in [-0.3, -0.25) is 4.79 Å². The van der Waals surface area contributed by atoms with Crippen LogP contribution in [0.3, 0.4) is 0 Å². The first-order valence-corrected chi connectivity index (χ1v) is 8.19. The highest BCUT2D eigenvalue weighted by Gasteiger charge is 2.10. The number of carbonyl (C=O) groups is 1. The molecule has 0 spiro atoms. The largest absolute Gasteiger partial charge is 0.323 e. The summed E-state index contributed by atoms with van der Waals surface area (Å²) in [6.07, 6.45) is 2.89. The van der Waals surface area contributed by atoms with E-state index in [4.69, 9.17) is 23.2 Å². The summed E-state index contributed by atoms with van der Waals surface area (Å²) >= 11 is 12.0. The van der Waals surface area contributed by atoms with Crippen molar-refractivity contribution in [2.75, 3.05) is 10.6 Å². The van der Waals surface area contributed by atoms with Crippen LogP contribution in [0.15, 0.2) is 54.9 Å². The summed E-state index contributed by atoms with van der Waals surface area (Å²) in [6, 6.07) is 12.6. The van der Waals surface area contributed by atoms with Gasteiger partial charge in [0, 0.05) is 23.1 Å². The summed E-state index contributed by atoms with van der Waals surface area (Å²) in [5.41, 5.74) is 2.67. The van der Waals surface area contributed by atoms with Crippen molar-refractivity contribution < 1.29 is 4.79 Å². The van der Waals surface area contributed by atoms with Gasteiger partial charge in [-0.15, -0.1) is 0 Å². The molecule has 0 atom stereocenters. The van der Waals surface area contributed by atoms with Crippen LogP contribution in [0, 0.1) is 6.92 Å². The lowest BCUT2D eigenvalue weighted by atomic mass is 10.2. The zero-order valence-electron chi connectivity index (χ0n) is 13.3. The molecule has 0 aliphatic heterocycles. The Morgan fingerprint density at radius 3 is 2.44 bits per heavy atom. The standard InChI is InChI=1S/C18H14Cl2N4O/c1-11-4-2-3-5-15(11)23-17(25)12-9-21-18(22-10-12)24-16-8-13(19)6-7-14(16)20/h2-10H,1H3,(H,23,25)(H,21,22,24). The molecule has 0 aliphatic rings. The molecule has 7 heteroatoms. The van der Waals surface area contributed by atoms with Crippen LogP contribution in [-0.4, -0.2) is 15.9 Å². The Morgan fingerprint density at radius 1 is 1.00 bits per heavy atom. The summed E-state index contributed by atoms with van der Waals surface area (Å²) in [6.45, 7) is 1.92. The van der Waals surface area contributed by atoms with Crippen LogP contribution < -0.4 is 10.6 Å². The van der Waals surface area contributed by atoms with E-state index in [0.717, 1.165) is 11.3 Å². The fourth-order valence-corrected chi connectivity index (χ4v) is 2.47. The van der Waals surface area contributed by atoms with Crippen LogP contribution >= 0.6 is 23.2 Å². The van der Waals surface area contributed by atoms with Crippen LogP contribution in [0.5, 0.6) is 0 Å². The van der Waals surface area contributed by atoms with E-state index in [2.05, 4.69) is 20.6 Å². The number of aryl methyl sites for hydroxylation is 1. The summed E-state index contributed by atoms with van der Waals surface area (Å²) in [5, 5.41) is 6.84. The lowest BCUT2D eigenvalue weighted by molar-refractivity contribution is 0.102. The van der Waals surface area contributed by atoms with Crippen molar-refractivity contribution in [2.24, 2.45) is 0 Å². The molecule has 126 valence electrons. The molecular formula is C18H14Cl2N4O. The number of carbonyl (C=O) groups excluding carboxylic acids is 1. The van der Waals surface area contributed by atoms with Gasteiger partial charge in [0.15, 0.2) is 0 Å². The minimum Gasteiger partial charge on any atom is -0.323 e. The van der Waals surface area contributed by atoms with E-state index in [1.165, 1.54) is 12.4 Å². The molecule has 0 unspecified atom stereocenters. The molecule has 0 radical (unpaired) electrons. The van der Waals surface area contributed by atoms with Crippen LogP contribution in [-0.2, 0) is 0 Å². The molecule has 3 rings (SSSR count). The Labute approximate surface area is 155 Å². The van der Waals surface area contributed by atoms with E-state index in [1.807, 2.05) is 31.2 Å². The first-order chi connectivity index (χ1) is 12.0. The van der Waals surface area contributed by atoms with Gasteiger partial charge < -0.3 is 10.6 Å². The van der Waals surface area contributed by atoms with E-state index in [1.54, 1.807) is 18.2 Å². The van der Waals surface area contributed by atoms with Gasteiger partial charge in [0.25, 0.3) is 5.91 Å². The molecular weight excluding hydrogens is 359 g/mol. The average Bonchev–Trinajstić information content (AvgIpc) is 2.61. The van der Waals surface area contributed by atoms with E-state index in [9.17, 15) is 4.79 Å². The van der Waals surface area contributed by atoms with Gasteiger partial charge >= 0.3 is 0 Å². The first kappa shape index (κ1) is 17.2. The third-order valence-corrected chi connectivity index (χ3v) is 4.05. The SMILES string of the molecule is Cc1ccccc1NC(=O)c1cnc(Nc2cc(Cl)ccc2Cl)nc1. The van der Waals surface area contributed by atoms with Gasteiger partial charge in [0.05, 0.1) is 16.3 Å². The van der Waals surface area contributed by atoms with Crippen LogP contribution in [0.2, 0.25) is 10.0 Å². The first-order valence-electron chi connectivity index (χ1n) is 7.44. The Morgan fingerprint density at radius 2 is 1.72 bits per heavy atom. The van der Waals surface area contributed by atoms with Crippen LogP contribution in [0.1, 0.15) is 15.9 Å². The zero-order valence-corrected chi connectivity index (χ0v) is 14.8. The third-order valence-electron chi connectivity index (χ3n) is 3.48. The normalized spacial score (nSPS) is 10.4. The van der Waals surface area contributed by atoms with Crippen molar-refractivity contribution in [2.45, 2.75) is 6.92 Å². The lowest BCUT2D eigenvalue weighted by Gasteiger charge is -2.09. The number of rotatable bonds is 4. The van der Waals surface area contributed by atoms with Gasteiger partial charge in [-0.05, 0) is 36.8 Å². The molecule has 2 aromatic carbocycles. The number of halogens is 2. The van der Waals surface area contributed by atoms with Crippen molar-refractivity contribution in [3.05, 3.63) is 76.0 Å². The summed E-state index contributed by atoms with van der Waals surface area (Å²) in [5.74, 6) is 0.0400. The Kier molecular flexibility index (Phi) is 5.16. The highest BCUT2D eigenvalue weighted by molar-refractivity contribution is 6.35. The maximum atomic E-state index is 12.3. The summed E-state index contributed by atoms with van der Waals surface area (Å²) in [4.78, 5) is 20.6. The number of amides is 1. The Hall–Kier alpha value is -2.63. The second-order valence-electron chi connectivity index (χ2n) is 5.31. The van der Waals surface area contributed by atoms with Crippen molar-refractivity contribution in [1.29, 1.82) is 0 Å². The fourth-order valence-electron chi connectivity index (χ4n) is 2.13. The molecule has 1 aromatic heterocycles. The predicted molar refractivity (Wildman–Crippen MR) is 101 cm³/mol. The van der Waals surface area contributed by atoms with Gasteiger partial charge in [0.1, 0.15) is 0 Å². The number of benzene rings is 2. The molecule has 1 heterocycles. The minimum atomic E-state index is -0.276. The number of hydrogen-bond donors (Lipinski definition) is 2. The Bertz CT molecular complexity index is 913. The average molecular weight is 373 g/mol. The second-order valence-corrected chi connectivity index (χ2v) is 6.16. The molecule has 2 N–H and O–H groups in total. The number of anilines is 3. The maximum Gasteiger partial charge on any atom is 0.258 e. The highest BCUT2D eigenvalue weighted by atomic mass is 35.5. The summed E-state index contributed by atoms with van der Waals surface area (Å²) < 4.78 is 0. The predicted octanol–water partition coefficient (Wildman–Crippen LogP) is 5.09. The van der Waals surface area contributed by atoms with Gasteiger partial charge in [-0.25, -0.2) is 9.97 Å². The zero-order chi connectivity index (χ0) is 17.8. The molecule has 25 heavy (non-hydrogen) atoms. The van der Waals surface area contributed by atoms with E-state index in [0.29, 0.717) is 27.2 Å². The lowest BCUT2D eigenvalue weighted by Crippen LogP contribution is -2.13.